The number of pyridine rings is 1. The normalized spacial score (nSPS) is 15.0. The summed E-state index contributed by atoms with van der Waals surface area (Å²) in [5, 5.41) is 1.71. The van der Waals surface area contributed by atoms with E-state index in [1.165, 1.54) is 0 Å². The van der Waals surface area contributed by atoms with Crippen LogP contribution in [0.25, 0.3) is 22.0 Å². The highest BCUT2D eigenvalue weighted by molar-refractivity contribution is 6.30. The van der Waals surface area contributed by atoms with Crippen molar-refractivity contribution in [2.75, 3.05) is 31.2 Å². The van der Waals surface area contributed by atoms with E-state index in [1.807, 2.05) is 48.5 Å². The lowest BCUT2D eigenvalue weighted by Crippen LogP contribution is -2.39. The molecule has 122 valence electrons. The fraction of sp³-hybridized carbons (Fsp3) is 0.211. The minimum Gasteiger partial charge on any atom is -0.378 e. The number of hydrogen-bond acceptors (Lipinski definition) is 3. The standard InChI is InChI=1S/C19H17ClN2O2/c20-14-7-5-13(6-8-14)17-15-3-1-2-4-16(15)21-19(23)18(17)22-9-11-24-12-10-22/h1-8H,9-12H2,(H,21,23). The van der Waals surface area contributed by atoms with Gasteiger partial charge in [0.2, 0.25) is 0 Å². The average molecular weight is 341 g/mol. The topological polar surface area (TPSA) is 45.3 Å². The lowest BCUT2D eigenvalue weighted by molar-refractivity contribution is 0.122. The first-order chi connectivity index (χ1) is 11.7. The number of nitrogens with one attached hydrogen (secondary N) is 1. The summed E-state index contributed by atoms with van der Waals surface area (Å²) in [6, 6.07) is 15.5. The van der Waals surface area contributed by atoms with E-state index in [9.17, 15) is 4.79 Å². The number of rotatable bonds is 2. The van der Waals surface area contributed by atoms with Crippen molar-refractivity contribution < 1.29 is 4.74 Å². The Morgan fingerprint density at radius 1 is 1.00 bits per heavy atom. The maximum Gasteiger partial charge on any atom is 0.272 e. The predicted molar refractivity (Wildman–Crippen MR) is 98.0 cm³/mol. The van der Waals surface area contributed by atoms with Crippen molar-refractivity contribution in [2.45, 2.75) is 0 Å². The summed E-state index contributed by atoms with van der Waals surface area (Å²) in [7, 11) is 0. The average Bonchev–Trinajstić information content (AvgIpc) is 2.62. The van der Waals surface area contributed by atoms with E-state index in [4.69, 9.17) is 16.3 Å². The zero-order valence-electron chi connectivity index (χ0n) is 13.1. The van der Waals surface area contributed by atoms with Gasteiger partial charge < -0.3 is 14.6 Å². The summed E-state index contributed by atoms with van der Waals surface area (Å²) >= 11 is 6.04. The first-order valence-corrected chi connectivity index (χ1v) is 8.35. The molecule has 1 aliphatic heterocycles. The van der Waals surface area contributed by atoms with Gasteiger partial charge in [0.15, 0.2) is 0 Å². The maximum absolute atomic E-state index is 12.8. The largest absolute Gasteiger partial charge is 0.378 e. The number of halogens is 1. The van der Waals surface area contributed by atoms with Crippen LogP contribution in [-0.4, -0.2) is 31.3 Å². The lowest BCUT2D eigenvalue weighted by Gasteiger charge is -2.30. The van der Waals surface area contributed by atoms with Gasteiger partial charge in [-0.15, -0.1) is 0 Å². The first-order valence-electron chi connectivity index (χ1n) is 7.98. The van der Waals surface area contributed by atoms with Gasteiger partial charge in [-0.25, -0.2) is 0 Å². The third kappa shape index (κ3) is 2.68. The van der Waals surface area contributed by atoms with Crippen LogP contribution in [0.5, 0.6) is 0 Å². The summed E-state index contributed by atoms with van der Waals surface area (Å²) in [6.07, 6.45) is 0. The molecule has 0 bridgehead atoms. The number of fused-ring (bicyclic) bond motifs is 1. The van der Waals surface area contributed by atoms with Gasteiger partial charge in [0, 0.05) is 34.6 Å². The summed E-state index contributed by atoms with van der Waals surface area (Å²) < 4.78 is 5.44. The van der Waals surface area contributed by atoms with Gasteiger partial charge in [-0.05, 0) is 23.8 Å². The van der Waals surface area contributed by atoms with Crippen molar-refractivity contribution in [2.24, 2.45) is 0 Å². The van der Waals surface area contributed by atoms with Gasteiger partial charge in [0.05, 0.1) is 13.2 Å². The lowest BCUT2D eigenvalue weighted by atomic mass is 9.98. The van der Waals surface area contributed by atoms with Gasteiger partial charge in [-0.3, -0.25) is 4.79 Å². The van der Waals surface area contributed by atoms with Crippen molar-refractivity contribution in [1.82, 2.24) is 4.98 Å². The molecule has 1 aliphatic rings. The Kier molecular flexibility index (Phi) is 4.00. The molecule has 4 nitrogen and oxygen atoms in total. The molecule has 3 aromatic rings. The van der Waals surface area contributed by atoms with E-state index in [0.717, 1.165) is 22.0 Å². The zero-order chi connectivity index (χ0) is 16.5. The van der Waals surface area contributed by atoms with Crippen LogP contribution in [0.4, 0.5) is 5.69 Å². The molecule has 0 unspecified atom stereocenters. The number of benzene rings is 2. The van der Waals surface area contributed by atoms with E-state index in [0.29, 0.717) is 37.0 Å². The molecule has 1 fully saturated rings. The minimum atomic E-state index is -0.0689. The molecule has 2 heterocycles. The molecule has 1 aromatic heterocycles. The monoisotopic (exact) mass is 340 g/mol. The van der Waals surface area contributed by atoms with Crippen LogP contribution in [0, 0.1) is 0 Å². The number of nitrogens with zero attached hydrogens (tertiary/aromatic N) is 1. The molecule has 0 amide bonds. The number of anilines is 1. The van der Waals surface area contributed by atoms with E-state index in [1.54, 1.807) is 0 Å². The van der Waals surface area contributed by atoms with Crippen LogP contribution in [-0.2, 0) is 4.74 Å². The SMILES string of the molecule is O=c1[nH]c2ccccc2c(-c2ccc(Cl)cc2)c1N1CCOCC1. The van der Waals surface area contributed by atoms with Crippen LogP contribution in [0.1, 0.15) is 0 Å². The quantitative estimate of drug-likeness (QED) is 0.774. The van der Waals surface area contributed by atoms with Gasteiger partial charge in [-0.1, -0.05) is 41.9 Å². The Morgan fingerprint density at radius 2 is 1.71 bits per heavy atom. The smallest absolute Gasteiger partial charge is 0.272 e. The molecule has 1 saturated heterocycles. The molecular formula is C19H17ClN2O2. The van der Waals surface area contributed by atoms with Crippen LogP contribution in [0.3, 0.4) is 0 Å². The third-order valence-electron chi connectivity index (χ3n) is 4.36. The number of aromatic amines is 1. The fourth-order valence-corrected chi connectivity index (χ4v) is 3.36. The Bertz CT molecular complexity index is 928. The Labute approximate surface area is 144 Å². The predicted octanol–water partition coefficient (Wildman–Crippen LogP) is 3.69. The van der Waals surface area contributed by atoms with Gasteiger partial charge in [0.1, 0.15) is 5.69 Å². The Morgan fingerprint density at radius 3 is 2.46 bits per heavy atom. The second-order valence-corrected chi connectivity index (χ2v) is 6.27. The molecule has 5 heteroatoms. The van der Waals surface area contributed by atoms with Crippen molar-refractivity contribution >= 4 is 28.2 Å². The molecule has 1 N–H and O–H groups in total. The van der Waals surface area contributed by atoms with Crippen molar-refractivity contribution in [3.63, 3.8) is 0 Å². The third-order valence-corrected chi connectivity index (χ3v) is 4.61. The van der Waals surface area contributed by atoms with E-state index in [2.05, 4.69) is 9.88 Å². The second kappa shape index (κ2) is 6.30. The molecule has 0 radical (unpaired) electrons. The number of aromatic nitrogens is 1. The summed E-state index contributed by atoms with van der Waals surface area (Å²) in [4.78, 5) is 18.0. The van der Waals surface area contributed by atoms with Crippen LogP contribution in [0.2, 0.25) is 5.02 Å². The number of morpholine rings is 1. The minimum absolute atomic E-state index is 0.0689. The summed E-state index contributed by atoms with van der Waals surface area (Å²) in [6.45, 7) is 2.68. The number of H-pyrrole nitrogens is 1. The molecule has 0 aliphatic carbocycles. The highest BCUT2D eigenvalue weighted by Crippen LogP contribution is 2.35. The zero-order valence-corrected chi connectivity index (χ0v) is 13.8. The highest BCUT2D eigenvalue weighted by atomic mass is 35.5. The Hall–Kier alpha value is -2.30. The molecule has 0 atom stereocenters. The van der Waals surface area contributed by atoms with Crippen LogP contribution < -0.4 is 10.5 Å². The van der Waals surface area contributed by atoms with Crippen molar-refractivity contribution in [1.29, 1.82) is 0 Å². The maximum atomic E-state index is 12.8. The number of ether oxygens (including phenoxy) is 1. The molecule has 0 spiro atoms. The molecule has 4 rings (SSSR count). The molecule has 24 heavy (non-hydrogen) atoms. The highest BCUT2D eigenvalue weighted by Gasteiger charge is 2.21. The fourth-order valence-electron chi connectivity index (χ4n) is 3.23. The van der Waals surface area contributed by atoms with E-state index < -0.39 is 0 Å². The summed E-state index contributed by atoms with van der Waals surface area (Å²) in [5.74, 6) is 0. The van der Waals surface area contributed by atoms with Crippen molar-refractivity contribution in [3.05, 3.63) is 63.9 Å². The second-order valence-electron chi connectivity index (χ2n) is 5.83. The van der Waals surface area contributed by atoms with Gasteiger partial charge in [0.25, 0.3) is 5.56 Å². The Balaban J connectivity index is 2.02. The van der Waals surface area contributed by atoms with Crippen molar-refractivity contribution in [3.8, 4) is 11.1 Å². The number of para-hydroxylation sites is 1. The van der Waals surface area contributed by atoms with Gasteiger partial charge >= 0.3 is 0 Å². The van der Waals surface area contributed by atoms with Gasteiger partial charge in [-0.2, -0.15) is 0 Å². The molecule has 0 saturated carbocycles. The summed E-state index contributed by atoms with van der Waals surface area (Å²) in [5.41, 5.74) is 3.42. The molecular weight excluding hydrogens is 324 g/mol. The molecule has 2 aromatic carbocycles. The van der Waals surface area contributed by atoms with Crippen LogP contribution >= 0.6 is 11.6 Å². The van der Waals surface area contributed by atoms with Crippen LogP contribution in [0.15, 0.2) is 53.3 Å². The van der Waals surface area contributed by atoms with E-state index >= 15 is 0 Å². The van der Waals surface area contributed by atoms with E-state index in [-0.39, 0.29) is 5.56 Å². The first kappa shape index (κ1) is 15.2. The number of hydrogen-bond donors (Lipinski definition) is 1.